The van der Waals surface area contributed by atoms with E-state index in [9.17, 15) is 4.79 Å². The Morgan fingerprint density at radius 3 is 2.96 bits per heavy atom. The molecule has 0 atom stereocenters. The fourth-order valence-electron chi connectivity index (χ4n) is 2.10. The molecule has 3 heterocycles. The van der Waals surface area contributed by atoms with Crippen LogP contribution in [-0.4, -0.2) is 20.2 Å². The van der Waals surface area contributed by atoms with E-state index >= 15 is 0 Å². The van der Waals surface area contributed by atoms with E-state index in [0.717, 1.165) is 4.88 Å². The molecule has 4 aromatic rings. The molecule has 0 aliphatic carbocycles. The largest absolute Gasteiger partial charge is 0.410 e. The highest BCUT2D eigenvalue weighted by Crippen LogP contribution is 2.27. The van der Waals surface area contributed by atoms with Crippen molar-refractivity contribution in [3.63, 3.8) is 0 Å². The summed E-state index contributed by atoms with van der Waals surface area (Å²) in [5.41, 5.74) is 0.535. The van der Waals surface area contributed by atoms with Crippen molar-refractivity contribution in [3.8, 4) is 10.8 Å². The van der Waals surface area contributed by atoms with E-state index in [4.69, 9.17) is 4.42 Å². The van der Waals surface area contributed by atoms with Gasteiger partial charge in [0.05, 0.1) is 21.5 Å². The van der Waals surface area contributed by atoms with Gasteiger partial charge in [-0.05, 0) is 23.6 Å². The van der Waals surface area contributed by atoms with Crippen LogP contribution < -0.4 is 5.56 Å². The number of rotatable bonds is 4. The monoisotopic (exact) mass is 342 g/mol. The molecule has 0 aliphatic rings. The Hall–Kier alpha value is -2.45. The van der Waals surface area contributed by atoms with Crippen LogP contribution in [0.5, 0.6) is 0 Å². The molecule has 0 saturated carbocycles. The third-order valence-electron chi connectivity index (χ3n) is 3.13. The fourth-order valence-corrected chi connectivity index (χ4v) is 3.38. The molecule has 6 nitrogen and oxygen atoms in total. The summed E-state index contributed by atoms with van der Waals surface area (Å²) in [5.74, 6) is 1.53. The van der Waals surface area contributed by atoms with Gasteiger partial charge in [-0.15, -0.1) is 21.5 Å². The fraction of sp³-hybridized carbons (Fsp3) is 0.0667. The lowest BCUT2D eigenvalue weighted by atomic mass is 10.2. The molecule has 1 aromatic carbocycles. The maximum absolute atomic E-state index is 12.0. The van der Waals surface area contributed by atoms with Crippen LogP contribution in [0.2, 0.25) is 0 Å². The van der Waals surface area contributed by atoms with Crippen molar-refractivity contribution >= 4 is 34.0 Å². The number of thioether (sulfide) groups is 1. The molecule has 0 fully saturated rings. The first-order valence-electron chi connectivity index (χ1n) is 6.78. The minimum absolute atomic E-state index is 0.143. The predicted molar refractivity (Wildman–Crippen MR) is 89.5 cm³/mol. The summed E-state index contributed by atoms with van der Waals surface area (Å²) in [4.78, 5) is 20.2. The number of nitrogens with zero attached hydrogens (tertiary/aromatic N) is 3. The molecule has 0 radical (unpaired) electrons. The molecular weight excluding hydrogens is 332 g/mol. The van der Waals surface area contributed by atoms with Gasteiger partial charge in [0.1, 0.15) is 5.82 Å². The first kappa shape index (κ1) is 14.2. The van der Waals surface area contributed by atoms with Gasteiger partial charge in [0, 0.05) is 0 Å². The van der Waals surface area contributed by atoms with E-state index in [1.54, 1.807) is 17.4 Å². The van der Waals surface area contributed by atoms with Gasteiger partial charge < -0.3 is 9.40 Å². The van der Waals surface area contributed by atoms with Crippen LogP contribution in [0, 0.1) is 0 Å². The Kier molecular flexibility index (Phi) is 3.68. The second-order valence-corrected chi connectivity index (χ2v) is 6.54. The predicted octanol–water partition coefficient (Wildman–Crippen LogP) is 3.33. The van der Waals surface area contributed by atoms with Crippen LogP contribution in [0.15, 0.2) is 56.2 Å². The van der Waals surface area contributed by atoms with Gasteiger partial charge in [0.2, 0.25) is 0 Å². The van der Waals surface area contributed by atoms with E-state index in [1.807, 2.05) is 35.7 Å². The molecule has 0 aliphatic heterocycles. The van der Waals surface area contributed by atoms with E-state index in [-0.39, 0.29) is 5.56 Å². The molecule has 0 unspecified atom stereocenters. The average Bonchev–Trinajstić information content (AvgIpc) is 3.24. The Bertz CT molecular complexity index is 1010. The zero-order chi connectivity index (χ0) is 15.6. The highest BCUT2D eigenvalue weighted by atomic mass is 32.2. The number of aromatic amines is 1. The van der Waals surface area contributed by atoms with Crippen LogP contribution in [0.4, 0.5) is 0 Å². The van der Waals surface area contributed by atoms with Crippen molar-refractivity contribution in [2.24, 2.45) is 0 Å². The van der Waals surface area contributed by atoms with Crippen molar-refractivity contribution in [2.45, 2.75) is 11.0 Å². The van der Waals surface area contributed by atoms with Gasteiger partial charge in [-0.3, -0.25) is 4.79 Å². The van der Waals surface area contributed by atoms with E-state index in [1.165, 1.54) is 11.8 Å². The van der Waals surface area contributed by atoms with Crippen LogP contribution in [0.1, 0.15) is 5.82 Å². The van der Waals surface area contributed by atoms with E-state index < -0.39 is 0 Å². The minimum atomic E-state index is -0.143. The lowest BCUT2D eigenvalue weighted by Crippen LogP contribution is -2.11. The molecule has 23 heavy (non-hydrogen) atoms. The van der Waals surface area contributed by atoms with Gasteiger partial charge in [-0.25, -0.2) is 4.98 Å². The summed E-state index contributed by atoms with van der Waals surface area (Å²) in [6.07, 6.45) is 0. The topological polar surface area (TPSA) is 84.7 Å². The number of hydrogen-bond donors (Lipinski definition) is 1. The normalized spacial score (nSPS) is 11.1. The number of fused-ring (bicyclic) bond motifs is 1. The zero-order valence-electron chi connectivity index (χ0n) is 11.7. The average molecular weight is 342 g/mol. The summed E-state index contributed by atoms with van der Waals surface area (Å²) >= 11 is 2.88. The lowest BCUT2D eigenvalue weighted by molar-refractivity contribution is 0.466. The summed E-state index contributed by atoms with van der Waals surface area (Å²) in [6, 6.07) is 11.1. The molecule has 3 aromatic heterocycles. The standard InChI is InChI=1S/C15H10N4O2S2/c20-13-9-4-1-2-5-10(9)16-12(17-13)8-23-15-19-18-14(21-15)11-6-3-7-22-11/h1-7H,8H2,(H,16,17,20). The van der Waals surface area contributed by atoms with Gasteiger partial charge in [-0.1, -0.05) is 30.0 Å². The van der Waals surface area contributed by atoms with Crippen molar-refractivity contribution in [3.05, 3.63) is 58.0 Å². The van der Waals surface area contributed by atoms with Crippen LogP contribution in [-0.2, 0) is 5.75 Å². The first-order chi connectivity index (χ1) is 11.3. The number of H-pyrrole nitrogens is 1. The van der Waals surface area contributed by atoms with Crippen LogP contribution in [0.25, 0.3) is 21.7 Å². The molecule has 0 spiro atoms. The molecule has 1 N–H and O–H groups in total. The highest BCUT2D eigenvalue weighted by molar-refractivity contribution is 7.98. The third-order valence-corrected chi connectivity index (χ3v) is 4.82. The number of benzene rings is 1. The summed E-state index contributed by atoms with van der Waals surface area (Å²) in [5, 5.41) is 11.0. The number of hydrogen-bond acceptors (Lipinski definition) is 7. The van der Waals surface area contributed by atoms with E-state index in [0.29, 0.717) is 33.6 Å². The van der Waals surface area contributed by atoms with E-state index in [2.05, 4.69) is 20.2 Å². The van der Waals surface area contributed by atoms with Crippen molar-refractivity contribution in [2.75, 3.05) is 0 Å². The molecule has 114 valence electrons. The van der Waals surface area contributed by atoms with Crippen LogP contribution in [0.3, 0.4) is 0 Å². The van der Waals surface area contributed by atoms with Gasteiger partial charge >= 0.3 is 0 Å². The quantitative estimate of drug-likeness (QED) is 0.573. The maximum Gasteiger partial charge on any atom is 0.277 e. The Morgan fingerprint density at radius 2 is 2.09 bits per heavy atom. The summed E-state index contributed by atoms with van der Waals surface area (Å²) < 4.78 is 5.60. The number of thiophene rings is 1. The summed E-state index contributed by atoms with van der Waals surface area (Å²) in [6.45, 7) is 0. The third kappa shape index (κ3) is 2.90. The second-order valence-electron chi connectivity index (χ2n) is 4.67. The summed E-state index contributed by atoms with van der Waals surface area (Å²) in [7, 11) is 0. The van der Waals surface area contributed by atoms with Crippen LogP contribution >= 0.6 is 23.1 Å². The molecule has 4 rings (SSSR count). The number of para-hydroxylation sites is 1. The van der Waals surface area contributed by atoms with Gasteiger partial charge in [0.25, 0.3) is 16.7 Å². The van der Waals surface area contributed by atoms with Gasteiger partial charge in [0.15, 0.2) is 0 Å². The smallest absolute Gasteiger partial charge is 0.277 e. The number of aromatic nitrogens is 4. The van der Waals surface area contributed by atoms with Crippen molar-refractivity contribution in [1.82, 2.24) is 20.2 Å². The Balaban J connectivity index is 1.54. The van der Waals surface area contributed by atoms with Gasteiger partial charge in [-0.2, -0.15) is 0 Å². The lowest BCUT2D eigenvalue weighted by Gasteiger charge is -2.00. The van der Waals surface area contributed by atoms with Crippen molar-refractivity contribution < 1.29 is 4.42 Å². The SMILES string of the molecule is O=c1[nH]c(CSc2nnc(-c3cccs3)o2)nc2ccccc12. The Labute approximate surface area is 138 Å². The molecule has 8 heteroatoms. The molecule has 0 bridgehead atoms. The second kappa shape index (κ2) is 5.98. The Morgan fingerprint density at radius 1 is 1.17 bits per heavy atom. The highest BCUT2D eigenvalue weighted by Gasteiger charge is 2.11. The maximum atomic E-state index is 12.0. The molecule has 0 saturated heterocycles. The minimum Gasteiger partial charge on any atom is -0.410 e. The molecular formula is C15H10N4O2S2. The number of nitrogens with one attached hydrogen (secondary N) is 1. The molecule has 0 amide bonds. The van der Waals surface area contributed by atoms with Crippen molar-refractivity contribution in [1.29, 1.82) is 0 Å². The zero-order valence-corrected chi connectivity index (χ0v) is 13.4. The first-order valence-corrected chi connectivity index (χ1v) is 8.64.